The van der Waals surface area contributed by atoms with Crippen molar-refractivity contribution in [3.05, 3.63) is 84.3 Å². The molecular formula is C22H22FN7O2S. The summed E-state index contributed by atoms with van der Waals surface area (Å²) in [6, 6.07) is 12.6. The van der Waals surface area contributed by atoms with Gasteiger partial charge in [0.25, 0.3) is 0 Å². The fourth-order valence-corrected chi connectivity index (χ4v) is 4.04. The molecule has 2 aromatic carbocycles. The largest absolute Gasteiger partial charge is 0.367 e. The predicted octanol–water partition coefficient (Wildman–Crippen LogP) is 3.16. The van der Waals surface area contributed by atoms with Crippen LogP contribution in [-0.2, 0) is 16.4 Å². The summed E-state index contributed by atoms with van der Waals surface area (Å²) in [7, 11) is -3.87. The van der Waals surface area contributed by atoms with Gasteiger partial charge in [-0.2, -0.15) is 4.98 Å². The molecule has 0 aliphatic heterocycles. The number of nitrogens with two attached hydrogens (primary N) is 1. The molecule has 4 aromatic rings. The number of aryl methyl sites for hydroxylation is 1. The molecule has 4 N–H and O–H groups in total. The fourth-order valence-electron chi connectivity index (χ4n) is 3.24. The monoisotopic (exact) mass is 467 g/mol. The first kappa shape index (κ1) is 22.4. The van der Waals surface area contributed by atoms with E-state index in [-0.39, 0.29) is 16.7 Å². The first-order valence-corrected chi connectivity index (χ1v) is 11.6. The van der Waals surface area contributed by atoms with E-state index < -0.39 is 15.8 Å². The average Bonchev–Trinajstić information content (AvgIpc) is 3.32. The quantitative estimate of drug-likeness (QED) is 0.363. The SMILES string of the molecule is Cc1ccc(Nc2ncc(F)c(NCCc3ccc(-n4ccnc4)cc3)n2)cc1S(N)(=O)=O. The molecule has 0 saturated carbocycles. The highest BCUT2D eigenvalue weighted by molar-refractivity contribution is 7.89. The maximum atomic E-state index is 14.2. The lowest BCUT2D eigenvalue weighted by Gasteiger charge is -2.11. The third-order valence-corrected chi connectivity index (χ3v) is 5.99. The summed E-state index contributed by atoms with van der Waals surface area (Å²) in [5.74, 6) is -0.431. The second-order valence-electron chi connectivity index (χ2n) is 7.35. The Bertz CT molecular complexity index is 1360. The standard InChI is InChI=1S/C22H22FN7O2S/c1-15-2-5-17(12-20(15)33(24,31)32)28-22-27-13-19(23)21(29-22)26-9-8-16-3-6-18(7-4-16)30-11-10-25-14-30/h2-7,10-14H,8-9H2,1H3,(H2,24,31,32)(H2,26,27,28,29). The molecule has 0 amide bonds. The fraction of sp³-hybridized carbons (Fsp3) is 0.136. The van der Waals surface area contributed by atoms with Crippen LogP contribution in [-0.4, -0.2) is 34.5 Å². The smallest absolute Gasteiger partial charge is 0.238 e. The summed E-state index contributed by atoms with van der Waals surface area (Å²) < 4.78 is 39.6. The highest BCUT2D eigenvalue weighted by atomic mass is 32.2. The van der Waals surface area contributed by atoms with Gasteiger partial charge in [0.15, 0.2) is 11.6 Å². The highest BCUT2D eigenvalue weighted by Gasteiger charge is 2.13. The zero-order chi connectivity index (χ0) is 23.4. The Morgan fingerprint density at radius 1 is 1.15 bits per heavy atom. The van der Waals surface area contributed by atoms with Crippen LogP contribution in [0.4, 0.5) is 21.8 Å². The van der Waals surface area contributed by atoms with Gasteiger partial charge in [-0.15, -0.1) is 0 Å². The first-order valence-electron chi connectivity index (χ1n) is 10.0. The molecule has 0 bridgehead atoms. The van der Waals surface area contributed by atoms with Crippen molar-refractivity contribution in [2.45, 2.75) is 18.2 Å². The van der Waals surface area contributed by atoms with Gasteiger partial charge in [0.2, 0.25) is 16.0 Å². The molecule has 0 radical (unpaired) electrons. The summed E-state index contributed by atoms with van der Waals surface area (Å²) in [4.78, 5) is 12.1. The van der Waals surface area contributed by atoms with Crippen LogP contribution in [0.5, 0.6) is 0 Å². The molecule has 4 rings (SSSR count). The van der Waals surface area contributed by atoms with Gasteiger partial charge in [0.1, 0.15) is 0 Å². The zero-order valence-electron chi connectivity index (χ0n) is 17.7. The van der Waals surface area contributed by atoms with Crippen LogP contribution in [0.3, 0.4) is 0 Å². The summed E-state index contributed by atoms with van der Waals surface area (Å²) in [5.41, 5.74) is 3.02. The van der Waals surface area contributed by atoms with Gasteiger partial charge >= 0.3 is 0 Å². The van der Waals surface area contributed by atoms with Gasteiger partial charge < -0.3 is 15.2 Å². The van der Waals surface area contributed by atoms with Crippen LogP contribution >= 0.6 is 0 Å². The number of aromatic nitrogens is 4. The highest BCUT2D eigenvalue weighted by Crippen LogP contribution is 2.22. The molecule has 33 heavy (non-hydrogen) atoms. The summed E-state index contributed by atoms with van der Waals surface area (Å²) in [6.07, 6.45) is 7.02. The lowest BCUT2D eigenvalue weighted by atomic mass is 10.1. The molecule has 2 aromatic heterocycles. The molecule has 2 heterocycles. The van der Waals surface area contributed by atoms with Crippen LogP contribution < -0.4 is 15.8 Å². The van der Waals surface area contributed by atoms with Crippen LogP contribution in [0.2, 0.25) is 0 Å². The van der Waals surface area contributed by atoms with Gasteiger partial charge in [-0.25, -0.2) is 27.9 Å². The van der Waals surface area contributed by atoms with Crippen molar-refractivity contribution >= 4 is 27.5 Å². The number of halogens is 1. The van der Waals surface area contributed by atoms with E-state index in [1.54, 1.807) is 31.6 Å². The Balaban J connectivity index is 1.41. The van der Waals surface area contributed by atoms with E-state index in [0.29, 0.717) is 24.2 Å². The van der Waals surface area contributed by atoms with Gasteiger partial charge in [-0.05, 0) is 48.7 Å². The normalized spacial score (nSPS) is 11.4. The number of benzene rings is 2. The van der Waals surface area contributed by atoms with E-state index >= 15 is 0 Å². The van der Waals surface area contributed by atoms with Gasteiger partial charge in [0, 0.05) is 30.3 Å². The third kappa shape index (κ3) is 5.51. The third-order valence-electron chi connectivity index (χ3n) is 4.94. The topological polar surface area (TPSA) is 128 Å². The minimum atomic E-state index is -3.87. The Kier molecular flexibility index (Phi) is 6.33. The Morgan fingerprint density at radius 3 is 2.64 bits per heavy atom. The number of anilines is 3. The van der Waals surface area contributed by atoms with Crippen LogP contribution in [0.25, 0.3) is 5.69 Å². The number of nitrogens with one attached hydrogen (secondary N) is 2. The van der Waals surface area contributed by atoms with E-state index in [2.05, 4.69) is 25.6 Å². The maximum absolute atomic E-state index is 14.2. The number of imidazole rings is 1. The van der Waals surface area contributed by atoms with Gasteiger partial charge in [-0.3, -0.25) is 0 Å². The van der Waals surface area contributed by atoms with Crippen LogP contribution in [0.15, 0.2) is 72.3 Å². The molecule has 9 nitrogen and oxygen atoms in total. The molecule has 0 atom stereocenters. The van der Waals surface area contributed by atoms with Gasteiger partial charge in [0.05, 0.1) is 17.4 Å². The number of hydrogen-bond donors (Lipinski definition) is 3. The lowest BCUT2D eigenvalue weighted by Crippen LogP contribution is -2.14. The number of primary sulfonamides is 1. The first-order chi connectivity index (χ1) is 15.8. The lowest BCUT2D eigenvalue weighted by molar-refractivity contribution is 0.597. The minimum Gasteiger partial charge on any atom is -0.367 e. The molecule has 170 valence electrons. The number of nitrogens with zero attached hydrogens (tertiary/aromatic N) is 4. The Labute approximate surface area is 190 Å². The number of sulfonamides is 1. The van der Waals surface area contributed by atoms with E-state index in [9.17, 15) is 12.8 Å². The van der Waals surface area contributed by atoms with Crippen molar-refractivity contribution in [3.8, 4) is 5.69 Å². The number of rotatable bonds is 8. The van der Waals surface area contributed by atoms with E-state index in [1.807, 2.05) is 35.0 Å². The molecule has 0 aliphatic carbocycles. The molecule has 0 fully saturated rings. The van der Waals surface area contributed by atoms with E-state index in [1.165, 1.54) is 6.07 Å². The maximum Gasteiger partial charge on any atom is 0.238 e. The molecule has 0 unspecified atom stereocenters. The Morgan fingerprint density at radius 2 is 1.94 bits per heavy atom. The molecular weight excluding hydrogens is 445 g/mol. The van der Waals surface area contributed by atoms with Crippen molar-refractivity contribution in [1.82, 2.24) is 19.5 Å². The van der Waals surface area contributed by atoms with Crippen molar-refractivity contribution < 1.29 is 12.8 Å². The molecule has 0 aliphatic rings. The Hall–Kier alpha value is -3.83. The van der Waals surface area contributed by atoms with E-state index in [0.717, 1.165) is 17.4 Å². The minimum absolute atomic E-state index is 0.00739. The zero-order valence-corrected chi connectivity index (χ0v) is 18.6. The summed E-state index contributed by atoms with van der Waals surface area (Å²) in [5, 5.41) is 11.1. The molecule has 0 spiro atoms. The predicted molar refractivity (Wildman–Crippen MR) is 124 cm³/mol. The van der Waals surface area contributed by atoms with Crippen molar-refractivity contribution in [2.24, 2.45) is 5.14 Å². The van der Waals surface area contributed by atoms with Crippen molar-refractivity contribution in [1.29, 1.82) is 0 Å². The van der Waals surface area contributed by atoms with Crippen LogP contribution in [0.1, 0.15) is 11.1 Å². The number of hydrogen-bond acceptors (Lipinski definition) is 7. The van der Waals surface area contributed by atoms with Crippen LogP contribution in [0, 0.1) is 12.7 Å². The summed E-state index contributed by atoms with van der Waals surface area (Å²) >= 11 is 0. The van der Waals surface area contributed by atoms with Crippen molar-refractivity contribution in [2.75, 3.05) is 17.2 Å². The average molecular weight is 468 g/mol. The molecule has 11 heteroatoms. The van der Waals surface area contributed by atoms with Gasteiger partial charge in [-0.1, -0.05) is 18.2 Å². The summed E-state index contributed by atoms with van der Waals surface area (Å²) in [6.45, 7) is 2.10. The second kappa shape index (κ2) is 9.35. The van der Waals surface area contributed by atoms with E-state index in [4.69, 9.17) is 5.14 Å². The molecule has 0 saturated heterocycles. The second-order valence-corrected chi connectivity index (χ2v) is 8.88. The van der Waals surface area contributed by atoms with Crippen molar-refractivity contribution in [3.63, 3.8) is 0 Å².